The minimum atomic E-state index is -0.689. The zero-order chi connectivity index (χ0) is 21.5. The molecule has 154 valence electrons. The van der Waals surface area contributed by atoms with Gasteiger partial charge in [-0.3, -0.25) is 0 Å². The van der Waals surface area contributed by atoms with Gasteiger partial charge in [-0.1, -0.05) is 50.0 Å². The molecule has 4 heteroatoms. The van der Waals surface area contributed by atoms with Crippen molar-refractivity contribution in [1.82, 2.24) is 0 Å². The Balaban J connectivity index is 1.73. The lowest BCUT2D eigenvalue weighted by Crippen LogP contribution is -2.04. The standard InChI is InChI=1S/C26H24F2O2/c1-18(2)16-30-23-11-9-22(10-12-23)21-7-4-19(5-8-21)6-13-24-25(27)14-20(17-29-3)15-26(24)28/h4-5,7-12,14-15,18H,16-17H2,1-3H3. The van der Waals surface area contributed by atoms with Crippen LogP contribution < -0.4 is 4.74 Å². The second-order valence-corrected chi connectivity index (χ2v) is 7.42. The van der Waals surface area contributed by atoms with Gasteiger partial charge >= 0.3 is 0 Å². The summed E-state index contributed by atoms with van der Waals surface area (Å²) in [6, 6.07) is 17.9. The van der Waals surface area contributed by atoms with Crippen molar-refractivity contribution < 1.29 is 18.3 Å². The van der Waals surface area contributed by atoms with Crippen LogP contribution in [0.25, 0.3) is 11.1 Å². The third kappa shape index (κ3) is 5.68. The van der Waals surface area contributed by atoms with Crippen LogP contribution in [0.3, 0.4) is 0 Å². The molecule has 0 atom stereocenters. The van der Waals surface area contributed by atoms with E-state index in [2.05, 4.69) is 25.7 Å². The van der Waals surface area contributed by atoms with Crippen LogP contribution in [-0.4, -0.2) is 13.7 Å². The molecular weight excluding hydrogens is 382 g/mol. The largest absolute Gasteiger partial charge is 0.493 e. The molecule has 0 saturated heterocycles. The average molecular weight is 406 g/mol. The highest BCUT2D eigenvalue weighted by atomic mass is 19.1. The molecule has 0 unspecified atom stereocenters. The van der Waals surface area contributed by atoms with Crippen LogP contribution >= 0.6 is 0 Å². The lowest BCUT2D eigenvalue weighted by molar-refractivity contribution is 0.184. The van der Waals surface area contributed by atoms with E-state index in [0.717, 1.165) is 16.9 Å². The Kier molecular flexibility index (Phi) is 7.21. The van der Waals surface area contributed by atoms with E-state index >= 15 is 0 Å². The molecule has 0 aromatic heterocycles. The van der Waals surface area contributed by atoms with Crippen LogP contribution in [-0.2, 0) is 11.3 Å². The maximum Gasteiger partial charge on any atom is 0.142 e. The summed E-state index contributed by atoms with van der Waals surface area (Å²) in [5, 5.41) is 0. The Labute approximate surface area is 176 Å². The number of halogens is 2. The summed E-state index contributed by atoms with van der Waals surface area (Å²) >= 11 is 0. The van der Waals surface area contributed by atoms with E-state index in [1.165, 1.54) is 19.2 Å². The lowest BCUT2D eigenvalue weighted by atomic mass is 10.0. The smallest absolute Gasteiger partial charge is 0.142 e. The molecule has 30 heavy (non-hydrogen) atoms. The maximum absolute atomic E-state index is 14.1. The van der Waals surface area contributed by atoms with Gasteiger partial charge in [0, 0.05) is 12.7 Å². The summed E-state index contributed by atoms with van der Waals surface area (Å²) in [4.78, 5) is 0. The number of benzene rings is 3. The van der Waals surface area contributed by atoms with Crippen molar-refractivity contribution in [2.75, 3.05) is 13.7 Å². The highest BCUT2D eigenvalue weighted by Gasteiger charge is 2.09. The van der Waals surface area contributed by atoms with Gasteiger partial charge < -0.3 is 9.47 Å². The van der Waals surface area contributed by atoms with Crippen LogP contribution in [0.4, 0.5) is 8.78 Å². The highest BCUT2D eigenvalue weighted by molar-refractivity contribution is 5.65. The zero-order valence-corrected chi connectivity index (χ0v) is 17.3. The summed E-state index contributed by atoms with van der Waals surface area (Å²) in [6.07, 6.45) is 0. The SMILES string of the molecule is COCc1cc(F)c(C#Cc2ccc(-c3ccc(OCC(C)C)cc3)cc2)c(F)c1. The van der Waals surface area contributed by atoms with Gasteiger partial charge in [-0.25, -0.2) is 8.78 Å². The summed E-state index contributed by atoms with van der Waals surface area (Å²) in [5.74, 6) is 5.37. The third-order valence-electron chi connectivity index (χ3n) is 4.40. The summed E-state index contributed by atoms with van der Waals surface area (Å²) in [6.45, 7) is 5.05. The predicted molar refractivity (Wildman–Crippen MR) is 115 cm³/mol. The quantitative estimate of drug-likeness (QED) is 0.453. The molecule has 3 aromatic rings. The number of hydrogen-bond acceptors (Lipinski definition) is 2. The lowest BCUT2D eigenvalue weighted by Gasteiger charge is -2.09. The van der Waals surface area contributed by atoms with Gasteiger partial charge in [0.25, 0.3) is 0 Å². The molecule has 3 rings (SSSR count). The van der Waals surface area contributed by atoms with Crippen LogP contribution in [0.1, 0.15) is 30.5 Å². The number of rotatable bonds is 6. The molecular formula is C26H24F2O2. The van der Waals surface area contributed by atoms with Crippen molar-refractivity contribution in [2.45, 2.75) is 20.5 Å². The van der Waals surface area contributed by atoms with Crippen molar-refractivity contribution in [3.63, 3.8) is 0 Å². The van der Waals surface area contributed by atoms with Crippen molar-refractivity contribution in [3.05, 3.63) is 89.0 Å². The molecule has 0 saturated carbocycles. The van der Waals surface area contributed by atoms with Crippen molar-refractivity contribution in [3.8, 4) is 28.7 Å². The fourth-order valence-electron chi connectivity index (χ4n) is 2.88. The Morgan fingerprint density at radius 3 is 1.93 bits per heavy atom. The van der Waals surface area contributed by atoms with Gasteiger partial charge in [-0.05, 0) is 59.0 Å². The van der Waals surface area contributed by atoms with Crippen molar-refractivity contribution in [1.29, 1.82) is 0 Å². The van der Waals surface area contributed by atoms with E-state index in [-0.39, 0.29) is 12.2 Å². The van der Waals surface area contributed by atoms with Crippen molar-refractivity contribution >= 4 is 0 Å². The van der Waals surface area contributed by atoms with Crippen LogP contribution in [0.2, 0.25) is 0 Å². The molecule has 0 aliphatic rings. The highest BCUT2D eigenvalue weighted by Crippen LogP contribution is 2.23. The summed E-state index contributed by atoms with van der Waals surface area (Å²) < 4.78 is 38.9. The molecule has 0 amide bonds. The van der Waals surface area contributed by atoms with E-state index in [0.29, 0.717) is 23.7 Å². The molecule has 2 nitrogen and oxygen atoms in total. The number of ether oxygens (including phenoxy) is 2. The molecule has 0 heterocycles. The summed E-state index contributed by atoms with van der Waals surface area (Å²) in [7, 11) is 1.47. The van der Waals surface area contributed by atoms with Gasteiger partial charge in [-0.2, -0.15) is 0 Å². The first-order valence-corrected chi connectivity index (χ1v) is 9.78. The second-order valence-electron chi connectivity index (χ2n) is 7.42. The zero-order valence-electron chi connectivity index (χ0n) is 17.3. The normalized spacial score (nSPS) is 10.6. The second kappa shape index (κ2) is 10.0. The first kappa shape index (κ1) is 21.5. The summed E-state index contributed by atoms with van der Waals surface area (Å²) in [5.41, 5.74) is 2.95. The molecule has 0 aliphatic carbocycles. The minimum Gasteiger partial charge on any atom is -0.493 e. The molecule has 0 N–H and O–H groups in total. The Morgan fingerprint density at radius 1 is 0.833 bits per heavy atom. The Hall–Kier alpha value is -3.16. The molecule has 0 bridgehead atoms. The fourth-order valence-corrected chi connectivity index (χ4v) is 2.88. The van der Waals surface area contributed by atoms with Gasteiger partial charge in [0.05, 0.1) is 18.8 Å². The van der Waals surface area contributed by atoms with E-state index in [1.807, 2.05) is 48.5 Å². The van der Waals surface area contributed by atoms with Crippen LogP contribution in [0.5, 0.6) is 5.75 Å². The monoisotopic (exact) mass is 406 g/mol. The molecule has 0 radical (unpaired) electrons. The molecule has 0 spiro atoms. The molecule has 0 fully saturated rings. The van der Waals surface area contributed by atoms with E-state index in [4.69, 9.17) is 9.47 Å². The predicted octanol–water partition coefficient (Wildman–Crippen LogP) is 6.21. The first-order valence-electron chi connectivity index (χ1n) is 9.78. The molecule has 3 aromatic carbocycles. The third-order valence-corrected chi connectivity index (χ3v) is 4.40. The first-order chi connectivity index (χ1) is 14.5. The maximum atomic E-state index is 14.1. The van der Waals surface area contributed by atoms with Gasteiger partial charge in [0.1, 0.15) is 17.4 Å². The Morgan fingerprint density at radius 2 is 1.40 bits per heavy atom. The minimum absolute atomic E-state index is 0.147. The van der Waals surface area contributed by atoms with Gasteiger partial charge in [0.2, 0.25) is 0 Å². The van der Waals surface area contributed by atoms with Crippen molar-refractivity contribution in [2.24, 2.45) is 5.92 Å². The van der Waals surface area contributed by atoms with Gasteiger partial charge in [0.15, 0.2) is 0 Å². The number of hydrogen-bond donors (Lipinski definition) is 0. The van der Waals surface area contributed by atoms with E-state index in [9.17, 15) is 8.78 Å². The topological polar surface area (TPSA) is 18.5 Å². The average Bonchev–Trinajstić information content (AvgIpc) is 2.73. The van der Waals surface area contributed by atoms with E-state index < -0.39 is 11.6 Å². The number of methoxy groups -OCH3 is 1. The van der Waals surface area contributed by atoms with Crippen LogP contribution in [0.15, 0.2) is 60.7 Å². The Bertz CT molecular complexity index is 1020. The molecule has 0 aliphatic heterocycles. The van der Waals surface area contributed by atoms with Crippen LogP contribution in [0, 0.1) is 29.4 Å². The van der Waals surface area contributed by atoms with Gasteiger partial charge in [-0.15, -0.1) is 0 Å². The van der Waals surface area contributed by atoms with E-state index in [1.54, 1.807) is 0 Å². The fraction of sp³-hybridized carbons (Fsp3) is 0.231.